The van der Waals surface area contributed by atoms with Gasteiger partial charge >= 0.3 is 5.97 Å². The summed E-state index contributed by atoms with van der Waals surface area (Å²) in [6.07, 6.45) is 1.50. The normalized spacial score (nSPS) is 17.9. The van der Waals surface area contributed by atoms with Crippen LogP contribution in [0.25, 0.3) is 0 Å². The van der Waals surface area contributed by atoms with E-state index >= 15 is 0 Å². The maximum atomic E-state index is 12.7. The zero-order chi connectivity index (χ0) is 14.7. The molecule has 1 aliphatic heterocycles. The largest absolute Gasteiger partial charge is 0.467 e. The van der Waals surface area contributed by atoms with Gasteiger partial charge < -0.3 is 14.5 Å². The maximum Gasteiger partial charge on any atom is 0.328 e. The Balaban J connectivity index is 2.29. The van der Waals surface area contributed by atoms with E-state index in [0.29, 0.717) is 18.5 Å². The van der Waals surface area contributed by atoms with Gasteiger partial charge in [0, 0.05) is 26.3 Å². The molecule has 0 aliphatic carbocycles. The van der Waals surface area contributed by atoms with Gasteiger partial charge in [-0.25, -0.2) is 4.79 Å². The highest BCUT2D eigenvalue weighted by Gasteiger charge is 2.35. The Morgan fingerprint density at radius 1 is 1.30 bits per heavy atom. The van der Waals surface area contributed by atoms with Gasteiger partial charge in [0.05, 0.1) is 12.7 Å². The number of anilines is 1. The second-order valence-corrected chi connectivity index (χ2v) is 5.09. The fraction of sp³-hybridized carbons (Fsp3) is 0.467. The number of likely N-dealkylation sites (tertiary alicyclic amines) is 1. The quantitative estimate of drug-likeness (QED) is 0.786. The molecule has 1 unspecified atom stereocenters. The molecule has 1 aliphatic rings. The Kier molecular flexibility index (Phi) is 4.27. The highest BCUT2D eigenvalue weighted by atomic mass is 16.5. The Morgan fingerprint density at radius 2 is 2.00 bits per heavy atom. The van der Waals surface area contributed by atoms with Crippen LogP contribution in [0.3, 0.4) is 0 Å². The number of amides is 1. The number of hydrogen-bond donors (Lipinski definition) is 0. The average Bonchev–Trinajstić information content (AvgIpc) is 2.95. The van der Waals surface area contributed by atoms with Gasteiger partial charge in [0.1, 0.15) is 6.04 Å². The molecule has 2 rings (SSSR count). The molecule has 1 aromatic carbocycles. The number of benzene rings is 1. The zero-order valence-electron chi connectivity index (χ0n) is 12.1. The molecule has 1 amide bonds. The first-order valence-corrected chi connectivity index (χ1v) is 6.71. The van der Waals surface area contributed by atoms with Crippen molar-refractivity contribution < 1.29 is 14.3 Å². The summed E-state index contributed by atoms with van der Waals surface area (Å²) >= 11 is 0. The number of hydrogen-bond acceptors (Lipinski definition) is 4. The molecule has 1 aromatic rings. The van der Waals surface area contributed by atoms with Gasteiger partial charge in [0.15, 0.2) is 0 Å². The minimum Gasteiger partial charge on any atom is -0.467 e. The van der Waals surface area contributed by atoms with E-state index in [1.54, 1.807) is 11.0 Å². The fourth-order valence-corrected chi connectivity index (χ4v) is 2.59. The highest BCUT2D eigenvalue weighted by Crippen LogP contribution is 2.25. The minimum atomic E-state index is -0.456. The van der Waals surface area contributed by atoms with E-state index in [0.717, 1.165) is 12.1 Å². The molecule has 5 nitrogen and oxygen atoms in total. The molecule has 0 bridgehead atoms. The Labute approximate surface area is 119 Å². The van der Waals surface area contributed by atoms with Crippen LogP contribution < -0.4 is 4.90 Å². The lowest BCUT2D eigenvalue weighted by atomic mass is 10.1. The van der Waals surface area contributed by atoms with Crippen molar-refractivity contribution >= 4 is 17.6 Å². The van der Waals surface area contributed by atoms with Gasteiger partial charge in [-0.1, -0.05) is 12.1 Å². The van der Waals surface area contributed by atoms with Crippen LogP contribution in [0.2, 0.25) is 0 Å². The molecular formula is C15H20N2O3. The average molecular weight is 276 g/mol. The Hall–Kier alpha value is -2.04. The first kappa shape index (κ1) is 14.4. The lowest BCUT2D eigenvalue weighted by Gasteiger charge is -2.25. The maximum absolute atomic E-state index is 12.7. The second kappa shape index (κ2) is 5.94. The topological polar surface area (TPSA) is 49.9 Å². The molecule has 1 heterocycles. The standard InChI is InChI=1S/C15H20N2O3/c1-16(2)12-8-5-4-7-11(12)14(18)17-10-6-9-13(17)15(19)20-3/h4-5,7-8,13H,6,9-10H2,1-3H3. The summed E-state index contributed by atoms with van der Waals surface area (Å²) in [7, 11) is 5.15. The highest BCUT2D eigenvalue weighted by molar-refractivity contribution is 6.01. The summed E-state index contributed by atoms with van der Waals surface area (Å²) in [5, 5.41) is 0. The van der Waals surface area contributed by atoms with Crippen LogP contribution in [0.15, 0.2) is 24.3 Å². The molecule has 0 saturated carbocycles. The molecule has 20 heavy (non-hydrogen) atoms. The van der Waals surface area contributed by atoms with Crippen molar-refractivity contribution in [1.82, 2.24) is 4.90 Å². The summed E-state index contributed by atoms with van der Waals surface area (Å²) in [5.41, 5.74) is 1.47. The van der Waals surface area contributed by atoms with Crippen LogP contribution in [0.4, 0.5) is 5.69 Å². The Bertz CT molecular complexity index is 514. The minimum absolute atomic E-state index is 0.109. The third-order valence-electron chi connectivity index (χ3n) is 3.60. The SMILES string of the molecule is COC(=O)C1CCCN1C(=O)c1ccccc1N(C)C. The van der Waals surface area contributed by atoms with Crippen molar-refractivity contribution in [3.8, 4) is 0 Å². The van der Waals surface area contributed by atoms with Crippen molar-refractivity contribution in [3.63, 3.8) is 0 Å². The summed E-state index contributed by atoms with van der Waals surface area (Å²) in [5.74, 6) is -0.444. The van der Waals surface area contributed by atoms with Crippen molar-refractivity contribution in [2.45, 2.75) is 18.9 Å². The Morgan fingerprint density at radius 3 is 2.65 bits per heavy atom. The van der Waals surface area contributed by atoms with Crippen molar-refractivity contribution in [1.29, 1.82) is 0 Å². The molecule has 5 heteroatoms. The van der Waals surface area contributed by atoms with Crippen molar-refractivity contribution in [2.24, 2.45) is 0 Å². The predicted molar refractivity (Wildman–Crippen MR) is 76.8 cm³/mol. The van der Waals surface area contributed by atoms with E-state index < -0.39 is 6.04 Å². The number of esters is 1. The van der Waals surface area contributed by atoms with Crippen LogP contribution in [0, 0.1) is 0 Å². The van der Waals surface area contributed by atoms with E-state index in [-0.39, 0.29) is 11.9 Å². The van der Waals surface area contributed by atoms with Gasteiger partial charge in [-0.3, -0.25) is 4.79 Å². The third kappa shape index (κ3) is 2.61. The molecule has 1 fully saturated rings. The first-order valence-electron chi connectivity index (χ1n) is 6.71. The van der Waals surface area contributed by atoms with Gasteiger partial charge in [-0.2, -0.15) is 0 Å². The van der Waals surface area contributed by atoms with Crippen molar-refractivity contribution in [3.05, 3.63) is 29.8 Å². The van der Waals surface area contributed by atoms with Crippen LogP contribution in [-0.2, 0) is 9.53 Å². The van der Waals surface area contributed by atoms with Gasteiger partial charge in [-0.05, 0) is 25.0 Å². The molecule has 108 valence electrons. The van der Waals surface area contributed by atoms with Crippen LogP contribution >= 0.6 is 0 Å². The van der Waals surface area contributed by atoms with Crippen LogP contribution in [0.5, 0.6) is 0 Å². The summed E-state index contributed by atoms with van der Waals surface area (Å²) < 4.78 is 4.78. The molecule has 1 atom stereocenters. The van der Waals surface area contributed by atoms with Crippen LogP contribution in [-0.4, -0.2) is 50.6 Å². The lowest BCUT2D eigenvalue weighted by Crippen LogP contribution is -2.41. The van der Waals surface area contributed by atoms with Gasteiger partial charge in [0.25, 0.3) is 5.91 Å². The summed E-state index contributed by atoms with van der Waals surface area (Å²) in [6.45, 7) is 0.598. The lowest BCUT2D eigenvalue weighted by molar-refractivity contribution is -0.145. The molecular weight excluding hydrogens is 256 g/mol. The monoisotopic (exact) mass is 276 g/mol. The smallest absolute Gasteiger partial charge is 0.328 e. The van der Waals surface area contributed by atoms with E-state index in [1.807, 2.05) is 37.2 Å². The molecule has 0 aromatic heterocycles. The van der Waals surface area contributed by atoms with E-state index in [4.69, 9.17) is 4.74 Å². The molecule has 1 saturated heterocycles. The summed E-state index contributed by atoms with van der Waals surface area (Å²) in [4.78, 5) is 28.0. The number of carbonyl (C=O) groups is 2. The number of carbonyl (C=O) groups excluding carboxylic acids is 2. The predicted octanol–water partition coefficient (Wildman–Crippen LogP) is 1.53. The second-order valence-electron chi connectivity index (χ2n) is 5.09. The van der Waals surface area contributed by atoms with Crippen LogP contribution in [0.1, 0.15) is 23.2 Å². The van der Waals surface area contributed by atoms with E-state index in [9.17, 15) is 9.59 Å². The van der Waals surface area contributed by atoms with E-state index in [2.05, 4.69) is 0 Å². The summed E-state index contributed by atoms with van der Waals surface area (Å²) in [6, 6.07) is 6.97. The molecule has 0 spiro atoms. The van der Waals surface area contributed by atoms with E-state index in [1.165, 1.54) is 7.11 Å². The number of methoxy groups -OCH3 is 1. The number of rotatable bonds is 3. The first-order chi connectivity index (χ1) is 9.56. The number of para-hydroxylation sites is 1. The molecule has 0 N–H and O–H groups in total. The fourth-order valence-electron chi connectivity index (χ4n) is 2.59. The third-order valence-corrected chi connectivity index (χ3v) is 3.60. The van der Waals surface area contributed by atoms with Crippen molar-refractivity contribution in [2.75, 3.05) is 32.6 Å². The number of ether oxygens (including phenoxy) is 1. The van der Waals surface area contributed by atoms with Gasteiger partial charge in [0.2, 0.25) is 0 Å². The van der Waals surface area contributed by atoms with Gasteiger partial charge in [-0.15, -0.1) is 0 Å². The zero-order valence-corrected chi connectivity index (χ0v) is 12.1. The molecule has 0 radical (unpaired) electrons. The number of nitrogens with zero attached hydrogens (tertiary/aromatic N) is 2.